The van der Waals surface area contributed by atoms with Gasteiger partial charge in [-0.2, -0.15) is 0 Å². The summed E-state index contributed by atoms with van der Waals surface area (Å²) in [5.41, 5.74) is 1.81. The van der Waals surface area contributed by atoms with Crippen molar-refractivity contribution in [1.82, 2.24) is 25.0 Å². The lowest BCUT2D eigenvalue weighted by Gasteiger charge is -2.27. The Kier molecular flexibility index (Phi) is 8.72. The summed E-state index contributed by atoms with van der Waals surface area (Å²) in [4.78, 5) is 12.1. The third-order valence-electron chi connectivity index (χ3n) is 9.01. The van der Waals surface area contributed by atoms with Crippen molar-refractivity contribution in [2.24, 2.45) is 0 Å². The molecule has 2 saturated heterocycles. The van der Waals surface area contributed by atoms with Crippen LogP contribution in [0.4, 0.5) is 14.6 Å². The number of fused-ring (bicyclic) bond motifs is 2. The third kappa shape index (κ3) is 6.29. The van der Waals surface area contributed by atoms with Crippen LogP contribution in [0.25, 0.3) is 11.2 Å². The van der Waals surface area contributed by atoms with E-state index >= 15 is 0 Å². The molecule has 2 aliphatic carbocycles. The SMILES string of the molecule is CCCSc1nc(N(CCOC2CCCCO2)[C@@H]2C[C@H]2c2ccc(F)c(F)c2)c2nnn([C@@H]3C[C@H](O)[C@H]4OC(C)(C)O[C@H]43)c2n1. The van der Waals surface area contributed by atoms with Crippen LogP contribution in [0.1, 0.15) is 76.8 Å². The molecule has 244 valence electrons. The third-order valence-corrected chi connectivity index (χ3v) is 10.1. The molecule has 0 bridgehead atoms. The quantitative estimate of drug-likeness (QED) is 0.230. The molecule has 7 rings (SSSR count). The van der Waals surface area contributed by atoms with Crippen LogP contribution in [0, 0.1) is 11.6 Å². The van der Waals surface area contributed by atoms with Crippen molar-refractivity contribution < 1.29 is 32.8 Å². The number of hydrogen-bond acceptors (Lipinski definition) is 11. The summed E-state index contributed by atoms with van der Waals surface area (Å²) in [6.45, 7) is 7.34. The molecule has 2 aromatic heterocycles. The van der Waals surface area contributed by atoms with Gasteiger partial charge in [-0.25, -0.2) is 23.4 Å². The fourth-order valence-electron chi connectivity index (χ4n) is 6.83. The standard InChI is InChI=1S/C31H40F2N6O5S/c1-4-13-45-30-34-28(25-29(35-30)39(37-36-25)22-16-23(40)27-26(22)43-31(2,3)44-27)38(10-12-42-24-7-5-6-11-41-24)21-15-18(21)17-8-9-19(32)20(33)14-17/h8-9,14,18,21-24,26-27,40H,4-7,10-13,15-16H2,1-3H3/t18-,21+,22+,23-,24?,26-,27+/m0/s1. The number of aliphatic hydroxyl groups is 1. The summed E-state index contributed by atoms with van der Waals surface area (Å²) < 4.78 is 53.9. The Morgan fingerprint density at radius 2 is 1.98 bits per heavy atom. The summed E-state index contributed by atoms with van der Waals surface area (Å²) >= 11 is 1.56. The highest BCUT2D eigenvalue weighted by molar-refractivity contribution is 7.99. The zero-order chi connectivity index (χ0) is 31.3. The first-order valence-corrected chi connectivity index (χ1v) is 16.9. The van der Waals surface area contributed by atoms with Crippen LogP contribution in [0.3, 0.4) is 0 Å². The zero-order valence-corrected chi connectivity index (χ0v) is 26.6. The second-order valence-corrected chi connectivity index (χ2v) is 13.8. The molecule has 7 atom stereocenters. The van der Waals surface area contributed by atoms with E-state index in [1.807, 2.05) is 13.8 Å². The lowest BCUT2D eigenvalue weighted by atomic mass is 10.1. The zero-order valence-electron chi connectivity index (χ0n) is 25.8. The molecule has 0 radical (unpaired) electrons. The number of thioether (sulfide) groups is 1. The highest BCUT2D eigenvalue weighted by Gasteiger charge is 2.55. The number of hydrogen-bond donors (Lipinski definition) is 1. The smallest absolute Gasteiger partial charge is 0.191 e. The molecule has 0 spiro atoms. The molecule has 11 nitrogen and oxygen atoms in total. The van der Waals surface area contributed by atoms with E-state index in [1.54, 1.807) is 22.5 Å². The molecular formula is C31H40F2N6O5S. The van der Waals surface area contributed by atoms with Gasteiger partial charge in [-0.05, 0) is 63.6 Å². The predicted octanol–water partition coefficient (Wildman–Crippen LogP) is 4.73. The topological polar surface area (TPSA) is 117 Å². The number of aromatic nitrogens is 5. The maximum Gasteiger partial charge on any atom is 0.191 e. The average Bonchev–Trinajstić information content (AvgIpc) is 3.46. The second-order valence-electron chi connectivity index (χ2n) is 12.8. The first-order valence-electron chi connectivity index (χ1n) is 16.0. The number of benzene rings is 1. The highest BCUT2D eigenvalue weighted by Crippen LogP contribution is 2.48. The first-order chi connectivity index (χ1) is 21.7. The Bertz CT molecular complexity index is 1520. The van der Waals surface area contributed by atoms with Gasteiger partial charge in [0.15, 0.2) is 45.8 Å². The van der Waals surface area contributed by atoms with Crippen molar-refractivity contribution in [3.63, 3.8) is 0 Å². The van der Waals surface area contributed by atoms with Crippen molar-refractivity contribution >= 4 is 28.7 Å². The fraction of sp³-hybridized carbons (Fsp3) is 0.677. The maximum absolute atomic E-state index is 14.2. The average molecular weight is 647 g/mol. The van der Waals surface area contributed by atoms with Crippen molar-refractivity contribution in [1.29, 1.82) is 0 Å². The van der Waals surface area contributed by atoms with Gasteiger partial charge in [0, 0.05) is 37.3 Å². The maximum atomic E-state index is 14.2. The summed E-state index contributed by atoms with van der Waals surface area (Å²) in [6.07, 6.45) is 3.17. The molecular weight excluding hydrogens is 606 g/mol. The Hall–Kier alpha value is -2.49. The molecule has 2 aliphatic heterocycles. The van der Waals surface area contributed by atoms with Crippen molar-refractivity contribution in [3.8, 4) is 0 Å². The molecule has 1 aromatic carbocycles. The number of ether oxygens (including phenoxy) is 4. The minimum absolute atomic E-state index is 0.0187. The van der Waals surface area contributed by atoms with Crippen LogP contribution in [0.2, 0.25) is 0 Å². The molecule has 0 amide bonds. The molecule has 2 saturated carbocycles. The number of aliphatic hydroxyl groups excluding tert-OH is 1. The van der Waals surface area contributed by atoms with Crippen LogP contribution in [0.15, 0.2) is 23.4 Å². The van der Waals surface area contributed by atoms with Gasteiger partial charge in [0.2, 0.25) is 0 Å². The van der Waals surface area contributed by atoms with E-state index in [4.69, 9.17) is 28.9 Å². The number of nitrogens with zero attached hydrogens (tertiary/aromatic N) is 6. The summed E-state index contributed by atoms with van der Waals surface area (Å²) in [7, 11) is 0. The fourth-order valence-corrected chi connectivity index (χ4v) is 7.52. The first kappa shape index (κ1) is 31.1. The minimum atomic E-state index is -0.861. The summed E-state index contributed by atoms with van der Waals surface area (Å²) in [5.74, 6) is -1.12. The lowest BCUT2D eigenvalue weighted by molar-refractivity contribution is -0.165. The van der Waals surface area contributed by atoms with E-state index in [-0.39, 0.29) is 24.3 Å². The number of rotatable bonds is 11. The summed E-state index contributed by atoms with van der Waals surface area (Å²) in [5, 5.41) is 20.6. The summed E-state index contributed by atoms with van der Waals surface area (Å²) in [6, 6.07) is 3.74. The minimum Gasteiger partial charge on any atom is -0.390 e. The molecule has 14 heteroatoms. The van der Waals surface area contributed by atoms with E-state index in [2.05, 4.69) is 22.1 Å². The van der Waals surface area contributed by atoms with Gasteiger partial charge in [0.1, 0.15) is 12.2 Å². The predicted molar refractivity (Wildman–Crippen MR) is 162 cm³/mol. The Morgan fingerprint density at radius 1 is 1.13 bits per heavy atom. The van der Waals surface area contributed by atoms with Gasteiger partial charge < -0.3 is 29.0 Å². The Balaban J connectivity index is 1.24. The second kappa shape index (κ2) is 12.6. The van der Waals surface area contributed by atoms with Crippen LogP contribution < -0.4 is 4.90 Å². The normalized spacial score (nSPS) is 30.6. The van der Waals surface area contributed by atoms with Gasteiger partial charge in [0.05, 0.1) is 18.8 Å². The largest absolute Gasteiger partial charge is 0.390 e. The van der Waals surface area contributed by atoms with E-state index in [0.29, 0.717) is 48.3 Å². The van der Waals surface area contributed by atoms with Crippen LogP contribution in [-0.4, -0.2) is 92.0 Å². The number of halogens is 2. The van der Waals surface area contributed by atoms with Crippen molar-refractivity contribution in [2.45, 2.75) is 113 Å². The van der Waals surface area contributed by atoms with E-state index < -0.39 is 35.7 Å². The van der Waals surface area contributed by atoms with E-state index in [1.165, 1.54) is 12.1 Å². The molecule has 4 heterocycles. The monoisotopic (exact) mass is 646 g/mol. The van der Waals surface area contributed by atoms with Crippen LogP contribution >= 0.6 is 11.8 Å². The molecule has 3 aromatic rings. The van der Waals surface area contributed by atoms with Gasteiger partial charge >= 0.3 is 0 Å². The lowest BCUT2D eigenvalue weighted by Crippen LogP contribution is -2.34. The van der Waals surface area contributed by atoms with Crippen LogP contribution in [-0.2, 0) is 18.9 Å². The van der Waals surface area contributed by atoms with Crippen molar-refractivity contribution in [3.05, 3.63) is 35.4 Å². The van der Waals surface area contributed by atoms with Crippen LogP contribution in [0.5, 0.6) is 0 Å². The molecule has 45 heavy (non-hydrogen) atoms. The molecule has 4 fully saturated rings. The number of anilines is 1. The van der Waals surface area contributed by atoms with Gasteiger partial charge in [-0.15, -0.1) is 5.10 Å². The molecule has 1 unspecified atom stereocenters. The van der Waals surface area contributed by atoms with Gasteiger partial charge in [-0.1, -0.05) is 30.0 Å². The Morgan fingerprint density at radius 3 is 2.76 bits per heavy atom. The molecule has 4 aliphatic rings. The molecule has 1 N–H and O–H groups in total. The highest BCUT2D eigenvalue weighted by atomic mass is 32.2. The van der Waals surface area contributed by atoms with Gasteiger partial charge in [-0.3, -0.25) is 0 Å². The Labute approximate surface area is 265 Å². The van der Waals surface area contributed by atoms with Gasteiger partial charge in [0.25, 0.3) is 0 Å². The van der Waals surface area contributed by atoms with E-state index in [0.717, 1.165) is 43.4 Å². The van der Waals surface area contributed by atoms with Crippen molar-refractivity contribution in [2.75, 3.05) is 30.4 Å². The van der Waals surface area contributed by atoms with E-state index in [9.17, 15) is 13.9 Å².